The predicted molar refractivity (Wildman–Crippen MR) is 92.0 cm³/mol. The molecule has 0 spiro atoms. The van der Waals surface area contributed by atoms with E-state index in [0.717, 1.165) is 22.3 Å². The van der Waals surface area contributed by atoms with Gasteiger partial charge in [0.1, 0.15) is 0 Å². The number of aliphatic imine (C=N–C) groups is 1. The Bertz CT molecular complexity index is 830. The molecule has 1 heterocycles. The van der Waals surface area contributed by atoms with E-state index in [1.165, 1.54) is 0 Å². The van der Waals surface area contributed by atoms with Crippen LogP contribution in [-0.2, 0) is 9.53 Å². The third-order valence-corrected chi connectivity index (χ3v) is 3.55. The number of hydrogen-bond donors (Lipinski definition) is 0. The van der Waals surface area contributed by atoms with E-state index in [-0.39, 0.29) is 0 Å². The summed E-state index contributed by atoms with van der Waals surface area (Å²) in [4.78, 5) is 16.4. The molecular formula is C20H17NO2. The lowest BCUT2D eigenvalue weighted by atomic mass is 10.1. The minimum absolute atomic E-state index is 0.327. The van der Waals surface area contributed by atoms with Gasteiger partial charge in [0.2, 0.25) is 5.90 Å². The highest BCUT2D eigenvalue weighted by atomic mass is 16.6. The summed E-state index contributed by atoms with van der Waals surface area (Å²) in [7, 11) is 0. The summed E-state index contributed by atoms with van der Waals surface area (Å²) >= 11 is 0. The molecular weight excluding hydrogens is 286 g/mol. The number of ether oxygens (including phenoxy) is 1. The number of aryl methyl sites for hydroxylation is 1. The Balaban J connectivity index is 1.89. The van der Waals surface area contributed by atoms with E-state index in [9.17, 15) is 4.79 Å². The van der Waals surface area contributed by atoms with Crippen molar-refractivity contribution in [3.05, 3.63) is 88.6 Å². The number of cyclic esters (lactones) is 1. The van der Waals surface area contributed by atoms with Gasteiger partial charge in [0.25, 0.3) is 0 Å². The van der Waals surface area contributed by atoms with Gasteiger partial charge in [0.05, 0.1) is 0 Å². The predicted octanol–water partition coefficient (Wildman–Crippen LogP) is 4.29. The van der Waals surface area contributed by atoms with Gasteiger partial charge >= 0.3 is 5.97 Å². The van der Waals surface area contributed by atoms with Crippen LogP contribution >= 0.6 is 0 Å². The number of nitrogens with zero attached hydrogens (tertiary/aromatic N) is 1. The first kappa shape index (κ1) is 15.0. The van der Waals surface area contributed by atoms with E-state index in [4.69, 9.17) is 4.74 Å². The first-order valence-corrected chi connectivity index (χ1v) is 7.45. The van der Waals surface area contributed by atoms with Crippen LogP contribution in [0.1, 0.15) is 23.6 Å². The standard InChI is InChI=1S/C20H17NO2/c1-14(12-16-9-4-3-5-10-16)13-18-20(22)23-19(21-18)17-11-7-6-8-15(17)2/h3-13H,1-2H3. The normalized spacial score (nSPS) is 16.4. The molecule has 3 heteroatoms. The van der Waals surface area contributed by atoms with E-state index >= 15 is 0 Å². The van der Waals surface area contributed by atoms with E-state index < -0.39 is 5.97 Å². The fourth-order valence-electron chi connectivity index (χ4n) is 2.41. The molecule has 2 aromatic carbocycles. The molecule has 0 unspecified atom stereocenters. The number of hydrogen-bond acceptors (Lipinski definition) is 3. The number of allylic oxidation sites excluding steroid dienone is 2. The molecule has 0 aromatic heterocycles. The highest BCUT2D eigenvalue weighted by Gasteiger charge is 2.24. The van der Waals surface area contributed by atoms with Gasteiger partial charge < -0.3 is 4.74 Å². The van der Waals surface area contributed by atoms with Gasteiger partial charge in [-0.25, -0.2) is 9.79 Å². The highest BCUT2D eigenvalue weighted by molar-refractivity contribution is 6.11. The molecule has 0 saturated heterocycles. The van der Waals surface area contributed by atoms with Crippen molar-refractivity contribution >= 4 is 17.9 Å². The van der Waals surface area contributed by atoms with E-state index in [1.54, 1.807) is 6.08 Å². The van der Waals surface area contributed by atoms with Crippen molar-refractivity contribution in [1.82, 2.24) is 0 Å². The van der Waals surface area contributed by atoms with Crippen LogP contribution in [0, 0.1) is 6.92 Å². The van der Waals surface area contributed by atoms with Crippen molar-refractivity contribution in [1.29, 1.82) is 0 Å². The summed E-state index contributed by atoms with van der Waals surface area (Å²) in [6.07, 6.45) is 3.75. The molecule has 0 aliphatic carbocycles. The topological polar surface area (TPSA) is 38.7 Å². The summed E-state index contributed by atoms with van der Waals surface area (Å²) in [5.41, 5.74) is 4.22. The quantitative estimate of drug-likeness (QED) is 0.627. The second kappa shape index (κ2) is 6.44. The summed E-state index contributed by atoms with van der Waals surface area (Å²) in [6, 6.07) is 17.7. The number of carbonyl (C=O) groups excluding carboxylic acids is 1. The van der Waals surface area contributed by atoms with Crippen LogP contribution in [0.15, 0.2) is 76.9 Å². The van der Waals surface area contributed by atoms with Crippen molar-refractivity contribution in [3.63, 3.8) is 0 Å². The van der Waals surface area contributed by atoms with Crippen LogP contribution in [0.3, 0.4) is 0 Å². The Morgan fingerprint density at radius 3 is 2.48 bits per heavy atom. The first-order valence-electron chi connectivity index (χ1n) is 7.45. The van der Waals surface area contributed by atoms with Gasteiger partial charge in [-0.1, -0.05) is 54.6 Å². The minimum atomic E-state index is -0.413. The summed E-state index contributed by atoms with van der Waals surface area (Å²) in [6.45, 7) is 3.91. The van der Waals surface area contributed by atoms with Gasteiger partial charge in [-0.05, 0) is 42.7 Å². The number of rotatable bonds is 3. The lowest BCUT2D eigenvalue weighted by Crippen LogP contribution is -2.06. The Morgan fingerprint density at radius 2 is 1.74 bits per heavy atom. The Labute approximate surface area is 135 Å². The summed E-state index contributed by atoms with van der Waals surface area (Å²) < 4.78 is 5.31. The van der Waals surface area contributed by atoms with Crippen LogP contribution in [0.25, 0.3) is 6.08 Å². The van der Waals surface area contributed by atoms with Crippen molar-refractivity contribution in [2.24, 2.45) is 4.99 Å². The molecule has 0 fully saturated rings. The Kier molecular flexibility index (Phi) is 4.20. The Hall–Kier alpha value is -2.94. The molecule has 1 aliphatic rings. The average Bonchev–Trinajstić information content (AvgIpc) is 2.89. The zero-order valence-electron chi connectivity index (χ0n) is 13.1. The SMILES string of the molecule is CC(=Cc1ccccc1)C=C1N=C(c2ccccc2C)OC1=O. The molecule has 0 bridgehead atoms. The third-order valence-electron chi connectivity index (χ3n) is 3.55. The molecule has 3 rings (SSSR count). The molecule has 0 amide bonds. The lowest BCUT2D eigenvalue weighted by molar-refractivity contribution is -0.130. The fraction of sp³-hybridized carbons (Fsp3) is 0.100. The summed E-state index contributed by atoms with van der Waals surface area (Å²) in [5, 5.41) is 0. The molecule has 23 heavy (non-hydrogen) atoms. The highest BCUT2D eigenvalue weighted by Crippen LogP contribution is 2.20. The minimum Gasteiger partial charge on any atom is -0.402 e. The van der Waals surface area contributed by atoms with Gasteiger partial charge in [0, 0.05) is 5.56 Å². The van der Waals surface area contributed by atoms with Crippen LogP contribution in [0.5, 0.6) is 0 Å². The molecule has 0 saturated carbocycles. The number of esters is 1. The zero-order chi connectivity index (χ0) is 16.2. The van der Waals surface area contributed by atoms with Gasteiger partial charge in [-0.15, -0.1) is 0 Å². The smallest absolute Gasteiger partial charge is 0.363 e. The van der Waals surface area contributed by atoms with Crippen LogP contribution in [-0.4, -0.2) is 11.9 Å². The molecule has 2 aromatic rings. The van der Waals surface area contributed by atoms with Gasteiger partial charge in [-0.3, -0.25) is 0 Å². The number of benzene rings is 2. The monoisotopic (exact) mass is 303 g/mol. The molecule has 1 aliphatic heterocycles. The maximum atomic E-state index is 12.0. The molecule has 0 radical (unpaired) electrons. The van der Waals surface area contributed by atoms with Crippen molar-refractivity contribution in [3.8, 4) is 0 Å². The van der Waals surface area contributed by atoms with Crippen molar-refractivity contribution in [2.75, 3.05) is 0 Å². The first-order chi connectivity index (χ1) is 11.1. The molecule has 0 atom stereocenters. The molecule has 114 valence electrons. The van der Waals surface area contributed by atoms with Crippen molar-refractivity contribution < 1.29 is 9.53 Å². The second-order valence-electron chi connectivity index (χ2n) is 5.45. The molecule has 3 nitrogen and oxygen atoms in total. The average molecular weight is 303 g/mol. The maximum Gasteiger partial charge on any atom is 0.363 e. The van der Waals surface area contributed by atoms with E-state index in [2.05, 4.69) is 4.99 Å². The van der Waals surface area contributed by atoms with E-state index in [0.29, 0.717) is 11.6 Å². The van der Waals surface area contributed by atoms with Crippen LogP contribution in [0.2, 0.25) is 0 Å². The van der Waals surface area contributed by atoms with Gasteiger partial charge in [-0.2, -0.15) is 0 Å². The Morgan fingerprint density at radius 1 is 1.04 bits per heavy atom. The second-order valence-corrected chi connectivity index (χ2v) is 5.45. The van der Waals surface area contributed by atoms with Gasteiger partial charge in [0.15, 0.2) is 5.70 Å². The van der Waals surface area contributed by atoms with E-state index in [1.807, 2.05) is 74.5 Å². The third kappa shape index (κ3) is 3.46. The zero-order valence-corrected chi connectivity index (χ0v) is 13.1. The largest absolute Gasteiger partial charge is 0.402 e. The van der Waals surface area contributed by atoms with Crippen LogP contribution < -0.4 is 0 Å². The van der Waals surface area contributed by atoms with Crippen LogP contribution in [0.4, 0.5) is 0 Å². The maximum absolute atomic E-state index is 12.0. The number of carbonyl (C=O) groups is 1. The lowest BCUT2D eigenvalue weighted by Gasteiger charge is -2.02. The summed E-state index contributed by atoms with van der Waals surface area (Å²) in [5.74, 6) is -0.0454. The van der Waals surface area contributed by atoms with Crippen molar-refractivity contribution in [2.45, 2.75) is 13.8 Å². The molecule has 0 N–H and O–H groups in total. The fourth-order valence-corrected chi connectivity index (χ4v) is 2.41.